The summed E-state index contributed by atoms with van der Waals surface area (Å²) in [6.07, 6.45) is 3.36. The van der Waals surface area contributed by atoms with Crippen LogP contribution in [0.25, 0.3) is 5.65 Å². The molecule has 1 atom stereocenters. The van der Waals surface area contributed by atoms with Crippen LogP contribution < -0.4 is 25.1 Å². The van der Waals surface area contributed by atoms with Crippen LogP contribution in [0.15, 0.2) is 83.8 Å². The first-order chi connectivity index (χ1) is 22.8. The van der Waals surface area contributed by atoms with Crippen molar-refractivity contribution in [3.05, 3.63) is 117 Å². The number of aromatic nitrogens is 2. The number of fused-ring (bicyclic) bond motifs is 2. The maximum absolute atomic E-state index is 13.7. The molecule has 242 valence electrons. The highest BCUT2D eigenvalue weighted by atomic mass is 16.5. The Kier molecular flexibility index (Phi) is 9.14. The van der Waals surface area contributed by atoms with Gasteiger partial charge >= 0.3 is 0 Å². The minimum Gasteiger partial charge on any atom is -0.504 e. The number of pyridine rings is 1. The normalized spacial score (nSPS) is 12.7. The highest BCUT2D eigenvalue weighted by molar-refractivity contribution is 5.78. The van der Waals surface area contributed by atoms with Gasteiger partial charge in [-0.1, -0.05) is 30.3 Å². The molecule has 0 aliphatic carbocycles. The van der Waals surface area contributed by atoms with Crippen molar-refractivity contribution in [2.75, 3.05) is 26.9 Å². The molecule has 11 heteroatoms. The highest BCUT2D eigenvalue weighted by Gasteiger charge is 2.27. The topological polar surface area (TPSA) is 152 Å². The van der Waals surface area contributed by atoms with Crippen LogP contribution in [0.3, 0.4) is 0 Å². The van der Waals surface area contributed by atoms with E-state index in [9.17, 15) is 24.9 Å². The predicted molar refractivity (Wildman–Crippen MR) is 174 cm³/mol. The number of aromatic hydroxyl groups is 3. The number of carbonyl (C=O) groups is 1. The Morgan fingerprint density at radius 1 is 0.979 bits per heavy atom. The molecule has 2 aromatic heterocycles. The number of nitrogens with zero attached hydrogens (tertiary/aromatic N) is 2. The largest absolute Gasteiger partial charge is 0.504 e. The third kappa shape index (κ3) is 6.94. The lowest BCUT2D eigenvalue weighted by molar-refractivity contribution is -0.121. The van der Waals surface area contributed by atoms with E-state index in [2.05, 4.69) is 16.4 Å². The van der Waals surface area contributed by atoms with E-state index in [1.165, 1.54) is 29.2 Å². The van der Waals surface area contributed by atoms with Crippen molar-refractivity contribution in [1.82, 2.24) is 14.7 Å². The van der Waals surface area contributed by atoms with Gasteiger partial charge in [-0.25, -0.2) is 0 Å². The molecular weight excluding hydrogens is 602 g/mol. The molecule has 4 N–H and O–H groups in total. The van der Waals surface area contributed by atoms with Crippen LogP contribution in [0.4, 0.5) is 0 Å². The molecule has 5 aromatic rings. The van der Waals surface area contributed by atoms with Crippen LogP contribution in [0.1, 0.15) is 40.2 Å². The molecule has 1 aliphatic heterocycles. The van der Waals surface area contributed by atoms with Gasteiger partial charge in [0.15, 0.2) is 23.0 Å². The quantitative estimate of drug-likeness (QED) is 0.147. The summed E-state index contributed by atoms with van der Waals surface area (Å²) in [6.45, 7) is 1.34. The summed E-state index contributed by atoms with van der Waals surface area (Å²) < 4.78 is 18.7. The number of benzene rings is 3. The number of amides is 1. The van der Waals surface area contributed by atoms with Gasteiger partial charge < -0.3 is 34.8 Å². The zero-order chi connectivity index (χ0) is 32.9. The molecule has 1 amide bonds. The molecule has 11 nitrogen and oxygen atoms in total. The van der Waals surface area contributed by atoms with E-state index in [-0.39, 0.29) is 41.6 Å². The first kappa shape index (κ1) is 31.3. The Balaban J connectivity index is 1.23. The first-order valence-corrected chi connectivity index (χ1v) is 15.3. The van der Waals surface area contributed by atoms with E-state index >= 15 is 0 Å². The minimum atomic E-state index is -0.874. The summed E-state index contributed by atoms with van der Waals surface area (Å²) in [5.74, 6) is -0.326. The first-order valence-electron chi connectivity index (χ1n) is 15.3. The lowest BCUT2D eigenvalue weighted by Gasteiger charge is -2.20. The van der Waals surface area contributed by atoms with E-state index in [0.29, 0.717) is 43.1 Å². The van der Waals surface area contributed by atoms with Crippen LogP contribution in [0, 0.1) is 0 Å². The maximum Gasteiger partial charge on any atom is 0.265 e. The third-order valence-corrected chi connectivity index (χ3v) is 8.25. The number of methoxy groups -OCH3 is 1. The molecule has 0 bridgehead atoms. The second-order valence-electron chi connectivity index (χ2n) is 11.3. The van der Waals surface area contributed by atoms with E-state index < -0.39 is 17.4 Å². The fraction of sp³-hybridized carbons (Fsp3) is 0.250. The Bertz CT molecular complexity index is 1990. The lowest BCUT2D eigenvalue weighted by atomic mass is 9.88. The van der Waals surface area contributed by atoms with Gasteiger partial charge in [-0.3, -0.25) is 14.0 Å². The van der Waals surface area contributed by atoms with Gasteiger partial charge in [0.25, 0.3) is 5.56 Å². The Morgan fingerprint density at radius 3 is 2.64 bits per heavy atom. The molecular formula is C36H35N3O8. The summed E-state index contributed by atoms with van der Waals surface area (Å²) in [5, 5.41) is 33.2. The summed E-state index contributed by atoms with van der Waals surface area (Å²) in [6, 6.07) is 20.8. The molecule has 0 saturated heterocycles. The van der Waals surface area contributed by atoms with Crippen LogP contribution in [0.2, 0.25) is 0 Å². The molecule has 3 aromatic carbocycles. The third-order valence-electron chi connectivity index (χ3n) is 8.25. The minimum absolute atomic E-state index is 0.0244. The smallest absolute Gasteiger partial charge is 0.265 e. The Morgan fingerprint density at radius 2 is 1.81 bits per heavy atom. The van der Waals surface area contributed by atoms with Crippen LogP contribution in [-0.4, -0.2) is 57.5 Å². The van der Waals surface area contributed by atoms with Crippen molar-refractivity contribution in [2.24, 2.45) is 0 Å². The Hall–Kier alpha value is -5.71. The summed E-state index contributed by atoms with van der Waals surface area (Å²) in [5.41, 5.74) is 3.36. The number of nitrogens with one attached hydrogen (secondary N) is 1. The number of hydrogen-bond donors (Lipinski definition) is 4. The van der Waals surface area contributed by atoms with Crippen molar-refractivity contribution in [1.29, 1.82) is 0 Å². The van der Waals surface area contributed by atoms with Gasteiger partial charge in [-0.2, -0.15) is 4.98 Å². The van der Waals surface area contributed by atoms with Crippen molar-refractivity contribution in [3.63, 3.8) is 0 Å². The molecule has 3 heterocycles. The monoisotopic (exact) mass is 637 g/mol. The van der Waals surface area contributed by atoms with Gasteiger partial charge in [-0.15, -0.1) is 0 Å². The van der Waals surface area contributed by atoms with Crippen LogP contribution in [-0.2, 0) is 24.1 Å². The molecule has 0 radical (unpaired) electrons. The van der Waals surface area contributed by atoms with Gasteiger partial charge in [-0.05, 0) is 71.1 Å². The van der Waals surface area contributed by atoms with Gasteiger partial charge in [0.2, 0.25) is 11.8 Å². The molecule has 0 saturated carbocycles. The second-order valence-corrected chi connectivity index (χ2v) is 11.3. The van der Waals surface area contributed by atoms with Crippen molar-refractivity contribution < 1.29 is 34.3 Å². The number of phenolic OH excluding ortho intramolecular Hbond substituents is 2. The van der Waals surface area contributed by atoms with E-state index in [4.69, 9.17) is 14.2 Å². The zero-order valence-electron chi connectivity index (χ0n) is 25.8. The van der Waals surface area contributed by atoms with Crippen molar-refractivity contribution >= 4 is 11.6 Å². The average molecular weight is 638 g/mol. The lowest BCUT2D eigenvalue weighted by Crippen LogP contribution is -2.30. The molecule has 1 aliphatic rings. The molecule has 0 fully saturated rings. The van der Waals surface area contributed by atoms with Crippen molar-refractivity contribution in [2.45, 2.75) is 31.6 Å². The number of rotatable bonds is 12. The second kappa shape index (κ2) is 13.7. The van der Waals surface area contributed by atoms with E-state index in [0.717, 1.165) is 23.3 Å². The molecule has 0 spiro atoms. The summed E-state index contributed by atoms with van der Waals surface area (Å²) in [4.78, 5) is 31.2. The molecule has 0 unspecified atom stereocenters. The number of hydrogen-bond acceptors (Lipinski definition) is 9. The van der Waals surface area contributed by atoms with E-state index in [1.807, 2.05) is 12.1 Å². The van der Waals surface area contributed by atoms with Gasteiger partial charge in [0.05, 0.1) is 25.9 Å². The van der Waals surface area contributed by atoms with Crippen LogP contribution >= 0.6 is 0 Å². The van der Waals surface area contributed by atoms with Gasteiger partial charge in [0, 0.05) is 37.9 Å². The SMILES string of the molecule is COc1cc([C@@H](CC(=O)NCCc2ccc(O)c(O)c2)c2c(O)nc3ccccn3c2=O)ccc1OCCc1ccc2c(c1)CCO2. The predicted octanol–water partition coefficient (Wildman–Crippen LogP) is 4.26. The zero-order valence-corrected chi connectivity index (χ0v) is 25.8. The fourth-order valence-electron chi connectivity index (χ4n) is 5.81. The summed E-state index contributed by atoms with van der Waals surface area (Å²) in [7, 11) is 1.51. The number of phenols is 2. The highest BCUT2D eigenvalue weighted by Crippen LogP contribution is 2.37. The number of ether oxygens (including phenoxy) is 3. The van der Waals surface area contributed by atoms with Crippen LogP contribution in [0.5, 0.6) is 34.6 Å². The molecule has 6 rings (SSSR count). The maximum atomic E-state index is 13.7. The van der Waals surface area contributed by atoms with Gasteiger partial charge in [0.1, 0.15) is 11.4 Å². The summed E-state index contributed by atoms with van der Waals surface area (Å²) >= 11 is 0. The molecule has 47 heavy (non-hydrogen) atoms. The van der Waals surface area contributed by atoms with Crippen molar-refractivity contribution in [3.8, 4) is 34.6 Å². The number of carbonyl (C=O) groups excluding carboxylic acids is 1. The fourth-order valence-corrected chi connectivity index (χ4v) is 5.81. The van der Waals surface area contributed by atoms with E-state index in [1.54, 1.807) is 48.7 Å². The standard InChI is InChI=1S/C36H35N3O8/c1-45-31-20-24(7-10-30(31)47-16-12-23-6-9-29-25(18-23)13-17-46-29)26(34-35(43)38-32-4-2-3-15-39(32)36(34)44)21-33(42)37-14-11-22-5-8-27(40)28(41)19-22/h2-10,15,18-20,26,40-41,43H,11-14,16-17,21H2,1H3,(H,37,42)/t26-/m1/s1. The average Bonchev–Trinajstić information content (AvgIpc) is 3.54. The Labute approximate surface area is 270 Å².